The molecule has 0 aliphatic rings. The second-order valence-corrected chi connectivity index (χ2v) is 8.22. The Bertz CT molecular complexity index is 1110. The number of nitriles is 1. The van der Waals surface area contributed by atoms with Gasteiger partial charge >= 0.3 is 0 Å². The first-order valence-electron chi connectivity index (χ1n) is 12.7. The highest BCUT2D eigenvalue weighted by Crippen LogP contribution is 2.22. The van der Waals surface area contributed by atoms with Gasteiger partial charge in [0.1, 0.15) is 29.2 Å². The van der Waals surface area contributed by atoms with Crippen molar-refractivity contribution in [3.05, 3.63) is 77.9 Å². The Morgan fingerprint density at radius 3 is 1.81 bits per heavy atom. The highest BCUT2D eigenvalue weighted by Gasteiger charge is 2.14. The van der Waals surface area contributed by atoms with E-state index in [0.717, 1.165) is 17.1 Å². The molecule has 0 radical (unpaired) electrons. The summed E-state index contributed by atoms with van der Waals surface area (Å²) in [5.41, 5.74) is 1.35. The SMILES string of the molecule is CCOC(CCNc1cc(C)c(C#N)c(NCCC(OCC)Oc2ccccc2)n1)Oc1ccccc1. The molecule has 2 N–H and O–H groups in total. The van der Waals surface area contributed by atoms with Crippen molar-refractivity contribution in [1.82, 2.24) is 4.98 Å². The van der Waals surface area contributed by atoms with Gasteiger partial charge < -0.3 is 29.6 Å². The molecule has 1 heterocycles. The van der Waals surface area contributed by atoms with Crippen LogP contribution in [0.2, 0.25) is 0 Å². The van der Waals surface area contributed by atoms with Gasteiger partial charge in [0.15, 0.2) is 0 Å². The maximum Gasteiger partial charge on any atom is 0.201 e. The Kier molecular flexibility index (Phi) is 11.5. The van der Waals surface area contributed by atoms with Gasteiger partial charge in [-0.15, -0.1) is 0 Å². The number of pyridine rings is 1. The number of nitrogens with zero attached hydrogens (tertiary/aromatic N) is 2. The Hall–Kier alpha value is -3.80. The molecule has 0 amide bonds. The summed E-state index contributed by atoms with van der Waals surface area (Å²) in [6.45, 7) is 7.99. The number of benzene rings is 2. The Labute approximate surface area is 219 Å². The van der Waals surface area contributed by atoms with E-state index < -0.39 is 6.29 Å². The molecule has 2 aromatic carbocycles. The van der Waals surface area contributed by atoms with E-state index >= 15 is 0 Å². The first kappa shape index (κ1) is 27.8. The van der Waals surface area contributed by atoms with Crippen LogP contribution in [0.5, 0.6) is 11.5 Å². The third kappa shape index (κ3) is 9.30. The van der Waals surface area contributed by atoms with E-state index in [1.807, 2.05) is 87.5 Å². The summed E-state index contributed by atoms with van der Waals surface area (Å²) in [7, 11) is 0. The van der Waals surface area contributed by atoms with Crippen molar-refractivity contribution < 1.29 is 18.9 Å². The standard InChI is InChI=1S/C29H36N4O4/c1-4-34-27(36-23-12-8-6-9-13-23)16-18-31-26-20-22(3)25(21-30)29(33-26)32-19-17-28(35-5-2)37-24-14-10-7-11-15-24/h6-15,20,27-28H,4-5,16-19H2,1-3H3,(H2,31,32,33). The molecule has 37 heavy (non-hydrogen) atoms. The minimum Gasteiger partial charge on any atom is -0.465 e. The lowest BCUT2D eigenvalue weighted by Crippen LogP contribution is -2.25. The van der Waals surface area contributed by atoms with Gasteiger partial charge in [0, 0.05) is 39.1 Å². The van der Waals surface area contributed by atoms with Crippen molar-refractivity contribution in [1.29, 1.82) is 5.26 Å². The number of ether oxygens (including phenoxy) is 4. The quantitative estimate of drug-likeness (QED) is 0.238. The molecule has 2 atom stereocenters. The van der Waals surface area contributed by atoms with E-state index in [9.17, 15) is 5.26 Å². The fraction of sp³-hybridized carbons (Fsp3) is 0.379. The van der Waals surface area contributed by atoms with Crippen LogP contribution in [0.3, 0.4) is 0 Å². The van der Waals surface area contributed by atoms with E-state index in [4.69, 9.17) is 18.9 Å². The van der Waals surface area contributed by atoms with Crippen LogP contribution < -0.4 is 20.1 Å². The van der Waals surface area contributed by atoms with Gasteiger partial charge in [-0.3, -0.25) is 0 Å². The summed E-state index contributed by atoms with van der Waals surface area (Å²) in [4.78, 5) is 4.65. The number of nitrogens with one attached hydrogen (secondary N) is 2. The first-order chi connectivity index (χ1) is 18.1. The molecule has 8 heteroatoms. The number of anilines is 2. The summed E-state index contributed by atoms with van der Waals surface area (Å²) in [6, 6.07) is 23.3. The van der Waals surface area contributed by atoms with Crippen LogP contribution in [0.4, 0.5) is 11.6 Å². The third-order valence-electron chi connectivity index (χ3n) is 5.41. The van der Waals surface area contributed by atoms with Crippen molar-refractivity contribution in [2.75, 3.05) is 36.9 Å². The van der Waals surface area contributed by atoms with Gasteiger partial charge in [-0.2, -0.15) is 5.26 Å². The van der Waals surface area contributed by atoms with Crippen LogP contribution in [0.15, 0.2) is 66.7 Å². The Balaban J connectivity index is 1.57. The monoisotopic (exact) mass is 504 g/mol. The number of hydrogen-bond donors (Lipinski definition) is 2. The van der Waals surface area contributed by atoms with Crippen LogP contribution in [0.1, 0.15) is 37.8 Å². The van der Waals surface area contributed by atoms with Gasteiger partial charge in [0.25, 0.3) is 0 Å². The van der Waals surface area contributed by atoms with E-state index in [1.165, 1.54) is 0 Å². The number of para-hydroxylation sites is 2. The van der Waals surface area contributed by atoms with Crippen LogP contribution in [-0.2, 0) is 9.47 Å². The van der Waals surface area contributed by atoms with E-state index in [0.29, 0.717) is 56.3 Å². The predicted octanol–water partition coefficient (Wildman–Crippen LogP) is 5.75. The molecule has 0 fully saturated rings. The number of hydrogen-bond acceptors (Lipinski definition) is 8. The van der Waals surface area contributed by atoms with E-state index in [2.05, 4.69) is 21.7 Å². The minimum atomic E-state index is -0.409. The lowest BCUT2D eigenvalue weighted by atomic mass is 10.1. The van der Waals surface area contributed by atoms with Gasteiger partial charge in [0.2, 0.25) is 12.6 Å². The number of aryl methyl sites for hydroxylation is 1. The lowest BCUT2D eigenvalue weighted by Gasteiger charge is -2.20. The summed E-state index contributed by atoms with van der Waals surface area (Å²) in [5.74, 6) is 2.72. The summed E-state index contributed by atoms with van der Waals surface area (Å²) in [6.07, 6.45) is 0.419. The van der Waals surface area contributed by atoms with Gasteiger partial charge in [-0.25, -0.2) is 4.98 Å². The van der Waals surface area contributed by atoms with Crippen molar-refractivity contribution in [3.63, 3.8) is 0 Å². The normalized spacial score (nSPS) is 12.3. The summed E-state index contributed by atoms with van der Waals surface area (Å²) >= 11 is 0. The van der Waals surface area contributed by atoms with Gasteiger partial charge in [0.05, 0.1) is 5.56 Å². The van der Waals surface area contributed by atoms with E-state index in [1.54, 1.807) is 0 Å². The zero-order chi connectivity index (χ0) is 26.3. The molecule has 2 unspecified atom stereocenters. The fourth-order valence-corrected chi connectivity index (χ4v) is 3.68. The zero-order valence-corrected chi connectivity index (χ0v) is 21.8. The van der Waals surface area contributed by atoms with Gasteiger partial charge in [-0.05, 0) is 56.7 Å². The maximum absolute atomic E-state index is 9.69. The average Bonchev–Trinajstić information content (AvgIpc) is 2.90. The number of rotatable bonds is 16. The highest BCUT2D eigenvalue weighted by atomic mass is 16.7. The van der Waals surface area contributed by atoms with Crippen LogP contribution in [-0.4, -0.2) is 43.9 Å². The second-order valence-electron chi connectivity index (χ2n) is 8.22. The number of aromatic nitrogens is 1. The fourth-order valence-electron chi connectivity index (χ4n) is 3.68. The molecular formula is C29H36N4O4. The lowest BCUT2D eigenvalue weighted by molar-refractivity contribution is -0.0776. The van der Waals surface area contributed by atoms with Crippen molar-refractivity contribution in [2.45, 2.75) is 46.2 Å². The zero-order valence-electron chi connectivity index (χ0n) is 21.8. The molecule has 196 valence electrons. The molecule has 0 spiro atoms. The minimum absolute atomic E-state index is 0.378. The van der Waals surface area contributed by atoms with Crippen molar-refractivity contribution in [2.24, 2.45) is 0 Å². The van der Waals surface area contributed by atoms with Crippen LogP contribution in [0, 0.1) is 18.3 Å². The molecule has 3 aromatic rings. The molecule has 0 saturated carbocycles. The average molecular weight is 505 g/mol. The maximum atomic E-state index is 9.69. The molecule has 0 bridgehead atoms. The smallest absolute Gasteiger partial charge is 0.201 e. The first-order valence-corrected chi connectivity index (χ1v) is 12.7. The molecule has 0 aliphatic heterocycles. The molecule has 0 saturated heterocycles. The highest BCUT2D eigenvalue weighted by molar-refractivity contribution is 5.60. The molecule has 3 rings (SSSR count). The predicted molar refractivity (Wildman–Crippen MR) is 145 cm³/mol. The summed E-state index contributed by atoms with van der Waals surface area (Å²) in [5, 5.41) is 16.3. The van der Waals surface area contributed by atoms with Crippen molar-refractivity contribution >= 4 is 11.6 Å². The Morgan fingerprint density at radius 2 is 1.32 bits per heavy atom. The van der Waals surface area contributed by atoms with Gasteiger partial charge in [-0.1, -0.05) is 36.4 Å². The van der Waals surface area contributed by atoms with E-state index in [-0.39, 0.29) is 6.29 Å². The third-order valence-corrected chi connectivity index (χ3v) is 5.41. The van der Waals surface area contributed by atoms with Crippen molar-refractivity contribution in [3.8, 4) is 17.6 Å². The second kappa shape index (κ2) is 15.3. The topological polar surface area (TPSA) is 97.7 Å². The molecule has 1 aromatic heterocycles. The summed E-state index contributed by atoms with van der Waals surface area (Å²) < 4.78 is 23.4. The Morgan fingerprint density at radius 1 is 0.811 bits per heavy atom. The largest absolute Gasteiger partial charge is 0.465 e. The molecule has 8 nitrogen and oxygen atoms in total. The van der Waals surface area contributed by atoms with Crippen LogP contribution >= 0.6 is 0 Å². The molecular weight excluding hydrogens is 468 g/mol. The molecule has 0 aliphatic carbocycles. The van der Waals surface area contributed by atoms with Crippen LogP contribution in [0.25, 0.3) is 0 Å².